The first-order valence-corrected chi connectivity index (χ1v) is 8.09. The van der Waals surface area contributed by atoms with Crippen LogP contribution in [0, 0.1) is 6.92 Å². The molecule has 7 heteroatoms. The predicted octanol–water partition coefficient (Wildman–Crippen LogP) is 2.81. The van der Waals surface area contributed by atoms with E-state index in [0.717, 1.165) is 5.69 Å². The molecule has 1 N–H and O–H groups in total. The fourth-order valence-electron chi connectivity index (χ4n) is 2.49. The number of aromatic nitrogens is 3. The van der Waals surface area contributed by atoms with E-state index in [1.807, 2.05) is 25.1 Å². The molecule has 0 aliphatic rings. The summed E-state index contributed by atoms with van der Waals surface area (Å²) in [5.41, 5.74) is 2.57. The Labute approximate surface area is 151 Å². The van der Waals surface area contributed by atoms with Gasteiger partial charge < -0.3 is 10.2 Å². The summed E-state index contributed by atoms with van der Waals surface area (Å²) >= 11 is 0. The monoisotopic (exact) mass is 349 g/mol. The van der Waals surface area contributed by atoms with Crippen molar-refractivity contribution in [2.45, 2.75) is 13.8 Å². The van der Waals surface area contributed by atoms with Crippen molar-refractivity contribution >= 4 is 23.2 Å². The van der Waals surface area contributed by atoms with Crippen LogP contribution in [-0.4, -0.2) is 33.6 Å². The van der Waals surface area contributed by atoms with Gasteiger partial charge in [-0.15, -0.1) is 0 Å². The highest BCUT2D eigenvalue weighted by Gasteiger charge is 2.16. The van der Waals surface area contributed by atoms with Crippen LogP contribution >= 0.6 is 0 Å². The van der Waals surface area contributed by atoms with Gasteiger partial charge in [0.15, 0.2) is 5.82 Å². The van der Waals surface area contributed by atoms with E-state index in [2.05, 4.69) is 15.4 Å². The van der Waals surface area contributed by atoms with Crippen molar-refractivity contribution in [1.82, 2.24) is 14.8 Å². The van der Waals surface area contributed by atoms with Gasteiger partial charge in [-0.1, -0.05) is 6.07 Å². The third-order valence-corrected chi connectivity index (χ3v) is 4.11. The van der Waals surface area contributed by atoms with Gasteiger partial charge in [-0.05, 0) is 43.3 Å². The largest absolute Gasteiger partial charge is 0.322 e. The number of rotatable bonds is 4. The topological polar surface area (TPSA) is 80.1 Å². The fourth-order valence-corrected chi connectivity index (χ4v) is 2.49. The summed E-state index contributed by atoms with van der Waals surface area (Å²) in [6, 6.07) is 12.6. The molecular weight excluding hydrogens is 330 g/mol. The molecule has 3 rings (SSSR count). The zero-order valence-corrected chi connectivity index (χ0v) is 14.8. The molecular formula is C19H19N5O2. The molecule has 0 saturated carbocycles. The molecule has 2 amide bonds. The third-order valence-electron chi connectivity index (χ3n) is 4.11. The number of nitrogens with zero attached hydrogens (tertiary/aromatic N) is 4. The highest BCUT2D eigenvalue weighted by Crippen LogP contribution is 2.19. The van der Waals surface area contributed by atoms with Crippen LogP contribution in [0.1, 0.15) is 23.0 Å². The smallest absolute Gasteiger partial charge is 0.259 e. The molecule has 0 unspecified atom stereocenters. The van der Waals surface area contributed by atoms with Crippen LogP contribution in [0.15, 0.2) is 54.9 Å². The Morgan fingerprint density at radius 1 is 1.12 bits per heavy atom. The Morgan fingerprint density at radius 3 is 2.46 bits per heavy atom. The van der Waals surface area contributed by atoms with Crippen LogP contribution < -0.4 is 10.2 Å². The van der Waals surface area contributed by atoms with E-state index in [1.54, 1.807) is 42.2 Å². The quantitative estimate of drug-likeness (QED) is 0.785. The third kappa shape index (κ3) is 3.46. The maximum absolute atomic E-state index is 12.6. The van der Waals surface area contributed by atoms with E-state index in [0.29, 0.717) is 22.8 Å². The van der Waals surface area contributed by atoms with Gasteiger partial charge in [0.2, 0.25) is 5.91 Å². The lowest BCUT2D eigenvalue weighted by atomic mass is 10.2. The Hall–Kier alpha value is -3.48. The molecule has 2 heterocycles. The number of hydrogen-bond donors (Lipinski definition) is 1. The second-order valence-electron chi connectivity index (χ2n) is 5.82. The lowest BCUT2D eigenvalue weighted by molar-refractivity contribution is -0.116. The van der Waals surface area contributed by atoms with Gasteiger partial charge in [-0.25, -0.2) is 9.67 Å². The molecule has 0 fully saturated rings. The number of anilines is 2. The first kappa shape index (κ1) is 17.3. The summed E-state index contributed by atoms with van der Waals surface area (Å²) in [5, 5.41) is 7.10. The zero-order valence-electron chi connectivity index (χ0n) is 14.8. The number of hydrogen-bond acceptors (Lipinski definition) is 4. The molecule has 3 aromatic rings. The Balaban J connectivity index is 1.77. The molecule has 0 saturated heterocycles. The van der Waals surface area contributed by atoms with Crippen LogP contribution in [0.25, 0.3) is 5.82 Å². The van der Waals surface area contributed by atoms with Gasteiger partial charge in [0.1, 0.15) is 0 Å². The predicted molar refractivity (Wildman–Crippen MR) is 99.6 cm³/mol. The van der Waals surface area contributed by atoms with Crippen molar-refractivity contribution in [2.75, 3.05) is 17.3 Å². The second kappa shape index (κ2) is 7.18. The highest BCUT2D eigenvalue weighted by atomic mass is 16.2. The van der Waals surface area contributed by atoms with E-state index in [9.17, 15) is 9.59 Å². The van der Waals surface area contributed by atoms with Gasteiger partial charge in [0.25, 0.3) is 5.91 Å². The summed E-state index contributed by atoms with van der Waals surface area (Å²) in [4.78, 5) is 29.7. The van der Waals surface area contributed by atoms with Crippen LogP contribution in [0.4, 0.5) is 11.4 Å². The minimum Gasteiger partial charge on any atom is -0.322 e. The summed E-state index contributed by atoms with van der Waals surface area (Å²) in [7, 11) is 1.70. The first-order valence-electron chi connectivity index (χ1n) is 8.09. The molecule has 7 nitrogen and oxygen atoms in total. The van der Waals surface area contributed by atoms with Gasteiger partial charge in [0.05, 0.1) is 17.5 Å². The van der Waals surface area contributed by atoms with Crippen molar-refractivity contribution < 1.29 is 9.59 Å². The SMILES string of the molecule is CC(=O)N(C)c1ccc(NC(=O)c2cnn(-c3ccccn3)c2C)cc1. The van der Waals surface area contributed by atoms with Gasteiger partial charge in [0, 0.05) is 31.5 Å². The van der Waals surface area contributed by atoms with E-state index >= 15 is 0 Å². The summed E-state index contributed by atoms with van der Waals surface area (Å²) < 4.78 is 1.62. The van der Waals surface area contributed by atoms with Gasteiger partial charge in [-0.2, -0.15) is 5.10 Å². The van der Waals surface area contributed by atoms with Crippen molar-refractivity contribution in [3.05, 3.63) is 66.1 Å². The molecule has 0 spiro atoms. The van der Waals surface area contributed by atoms with Crippen LogP contribution in [0.2, 0.25) is 0 Å². The van der Waals surface area contributed by atoms with E-state index in [1.165, 1.54) is 18.0 Å². The minimum atomic E-state index is -0.252. The van der Waals surface area contributed by atoms with Crippen molar-refractivity contribution in [1.29, 1.82) is 0 Å². The standard InChI is InChI=1S/C19H19N5O2/c1-13-17(12-21-24(13)18-6-4-5-11-20-18)19(26)22-15-7-9-16(10-8-15)23(3)14(2)25/h4-12H,1-3H3,(H,22,26). The number of amides is 2. The van der Waals surface area contributed by atoms with Gasteiger partial charge >= 0.3 is 0 Å². The second-order valence-corrected chi connectivity index (χ2v) is 5.82. The Morgan fingerprint density at radius 2 is 1.85 bits per heavy atom. The van der Waals surface area contributed by atoms with Gasteiger partial charge in [-0.3, -0.25) is 9.59 Å². The van der Waals surface area contributed by atoms with Crippen LogP contribution in [0.3, 0.4) is 0 Å². The Bertz CT molecular complexity index is 932. The van der Waals surface area contributed by atoms with E-state index < -0.39 is 0 Å². The van der Waals surface area contributed by atoms with Crippen LogP contribution in [0.5, 0.6) is 0 Å². The Kier molecular flexibility index (Phi) is 4.79. The number of nitrogens with one attached hydrogen (secondary N) is 1. The molecule has 1 aromatic carbocycles. The normalized spacial score (nSPS) is 10.4. The van der Waals surface area contributed by atoms with Crippen molar-refractivity contribution in [3.8, 4) is 5.82 Å². The first-order chi connectivity index (χ1) is 12.5. The number of carbonyl (C=O) groups is 2. The average molecular weight is 349 g/mol. The average Bonchev–Trinajstić information content (AvgIpc) is 3.04. The molecule has 0 radical (unpaired) electrons. The molecule has 0 atom stereocenters. The highest BCUT2D eigenvalue weighted by molar-refractivity contribution is 6.05. The fraction of sp³-hybridized carbons (Fsp3) is 0.158. The molecule has 0 aliphatic carbocycles. The molecule has 2 aromatic heterocycles. The number of benzene rings is 1. The van der Waals surface area contributed by atoms with Crippen LogP contribution in [-0.2, 0) is 4.79 Å². The maximum atomic E-state index is 12.6. The van der Waals surface area contributed by atoms with Crippen molar-refractivity contribution in [3.63, 3.8) is 0 Å². The van der Waals surface area contributed by atoms with Crippen molar-refractivity contribution in [2.24, 2.45) is 0 Å². The minimum absolute atomic E-state index is 0.0562. The molecule has 132 valence electrons. The molecule has 26 heavy (non-hydrogen) atoms. The van der Waals surface area contributed by atoms with E-state index in [4.69, 9.17) is 0 Å². The molecule has 0 bridgehead atoms. The zero-order chi connectivity index (χ0) is 18.7. The lowest BCUT2D eigenvalue weighted by Gasteiger charge is -2.15. The maximum Gasteiger partial charge on any atom is 0.259 e. The number of pyridine rings is 1. The summed E-state index contributed by atoms with van der Waals surface area (Å²) in [6.45, 7) is 3.32. The molecule has 0 aliphatic heterocycles. The van der Waals surface area contributed by atoms with E-state index in [-0.39, 0.29) is 11.8 Å². The summed E-state index contributed by atoms with van der Waals surface area (Å²) in [6.07, 6.45) is 3.20. The lowest BCUT2D eigenvalue weighted by Crippen LogP contribution is -2.22. The number of carbonyl (C=O) groups excluding carboxylic acids is 2. The summed E-state index contributed by atoms with van der Waals surface area (Å²) in [5.74, 6) is 0.345.